The van der Waals surface area contributed by atoms with E-state index in [0.29, 0.717) is 5.69 Å². The molecule has 1 aliphatic carbocycles. The Labute approximate surface area is 182 Å². The van der Waals surface area contributed by atoms with Gasteiger partial charge in [-0.15, -0.1) is 6.58 Å². The second kappa shape index (κ2) is 7.89. The average molecular weight is 439 g/mol. The maximum atomic E-state index is 13.1. The van der Waals surface area contributed by atoms with Crippen molar-refractivity contribution in [2.24, 2.45) is 0 Å². The van der Waals surface area contributed by atoms with E-state index < -0.39 is 16.1 Å². The topological polar surface area (TPSA) is 77.4 Å². The third kappa shape index (κ3) is 3.53. The van der Waals surface area contributed by atoms with Crippen molar-refractivity contribution in [2.45, 2.75) is 44.4 Å². The van der Waals surface area contributed by atoms with Gasteiger partial charge in [0.05, 0.1) is 22.7 Å². The fraction of sp³-hybridized carbons (Fsp3) is 0.292. The van der Waals surface area contributed by atoms with Crippen LogP contribution in [-0.2, 0) is 21.2 Å². The first-order chi connectivity index (χ1) is 14.8. The van der Waals surface area contributed by atoms with Crippen LogP contribution >= 0.6 is 0 Å². The molecule has 1 aromatic heterocycles. The summed E-state index contributed by atoms with van der Waals surface area (Å²) in [4.78, 5) is 12.8. The lowest BCUT2D eigenvalue weighted by molar-refractivity contribution is 0.154. The summed E-state index contributed by atoms with van der Waals surface area (Å²) in [6, 6.07) is 10.2. The summed E-state index contributed by atoms with van der Waals surface area (Å²) in [6.45, 7) is 9.84. The molecule has 4 rings (SSSR count). The first kappa shape index (κ1) is 21.2. The molecule has 0 saturated carbocycles. The number of benzene rings is 2. The Morgan fingerprint density at radius 1 is 1.23 bits per heavy atom. The molecule has 0 amide bonds. The average Bonchev–Trinajstić information content (AvgIpc) is 3.03. The Hall–Kier alpha value is -3.06. The SMILES string of the molecule is C=CC1CCc2c(C)n(C(=O)OCC)c3ccc(NS(=O)(=O)c4ccc(C)cc4)c1c23. The largest absolute Gasteiger partial charge is 0.449 e. The molecule has 0 radical (unpaired) electrons. The zero-order valence-corrected chi connectivity index (χ0v) is 18.8. The second-order valence-electron chi connectivity index (χ2n) is 7.82. The summed E-state index contributed by atoms with van der Waals surface area (Å²) in [7, 11) is -3.76. The Morgan fingerprint density at radius 2 is 1.94 bits per heavy atom. The zero-order chi connectivity index (χ0) is 22.3. The van der Waals surface area contributed by atoms with Crippen LogP contribution in [0.4, 0.5) is 10.5 Å². The highest BCUT2D eigenvalue weighted by molar-refractivity contribution is 7.92. The monoisotopic (exact) mass is 438 g/mol. The van der Waals surface area contributed by atoms with Crippen LogP contribution in [0.25, 0.3) is 10.9 Å². The number of carbonyl (C=O) groups excluding carboxylic acids is 1. The first-order valence-corrected chi connectivity index (χ1v) is 11.8. The van der Waals surface area contributed by atoms with Crippen molar-refractivity contribution in [2.75, 3.05) is 11.3 Å². The molecule has 0 aliphatic heterocycles. The Morgan fingerprint density at radius 3 is 2.58 bits per heavy atom. The standard InChI is InChI=1S/C24H26N2O4S/c1-5-17-9-12-19-16(4)26(24(27)30-6-2)21-14-13-20(22(17)23(19)21)25-31(28,29)18-10-7-15(3)8-11-18/h5,7-8,10-11,13-14,17,25H,1,6,9,12H2,2-4H3. The van der Waals surface area contributed by atoms with Gasteiger partial charge in [-0.2, -0.15) is 0 Å². The summed E-state index contributed by atoms with van der Waals surface area (Å²) in [6.07, 6.45) is 3.00. The first-order valence-electron chi connectivity index (χ1n) is 10.3. The minimum atomic E-state index is -3.76. The van der Waals surface area contributed by atoms with Crippen molar-refractivity contribution >= 4 is 32.7 Å². The number of anilines is 1. The van der Waals surface area contributed by atoms with Crippen LogP contribution in [0.15, 0.2) is 53.9 Å². The molecule has 7 heteroatoms. The number of ether oxygens (including phenoxy) is 1. The van der Waals surface area contributed by atoms with Crippen LogP contribution in [0.5, 0.6) is 0 Å². The van der Waals surface area contributed by atoms with Gasteiger partial charge in [0.15, 0.2) is 0 Å². The lowest BCUT2D eigenvalue weighted by Gasteiger charge is -2.24. The molecule has 0 saturated heterocycles. The molecule has 6 nitrogen and oxygen atoms in total. The van der Waals surface area contributed by atoms with E-state index in [1.807, 2.05) is 19.9 Å². The highest BCUT2D eigenvalue weighted by atomic mass is 32.2. The quantitative estimate of drug-likeness (QED) is 0.550. The van der Waals surface area contributed by atoms with E-state index in [1.165, 1.54) is 0 Å². The molecule has 1 aliphatic rings. The minimum Gasteiger partial charge on any atom is -0.449 e. The van der Waals surface area contributed by atoms with Gasteiger partial charge in [0.25, 0.3) is 10.0 Å². The van der Waals surface area contributed by atoms with Crippen LogP contribution in [-0.4, -0.2) is 25.7 Å². The molecule has 0 bridgehead atoms. The van der Waals surface area contributed by atoms with Gasteiger partial charge in [-0.25, -0.2) is 17.8 Å². The van der Waals surface area contributed by atoms with Crippen LogP contribution in [0.1, 0.15) is 41.6 Å². The molecular formula is C24H26N2O4S. The molecule has 3 aromatic rings. The van der Waals surface area contributed by atoms with Crippen LogP contribution in [0.3, 0.4) is 0 Å². The van der Waals surface area contributed by atoms with Crippen LogP contribution < -0.4 is 4.72 Å². The lowest BCUT2D eigenvalue weighted by atomic mass is 9.82. The minimum absolute atomic E-state index is 0.0237. The molecule has 1 atom stereocenters. The van der Waals surface area contributed by atoms with Crippen molar-refractivity contribution in [1.82, 2.24) is 4.57 Å². The van der Waals surface area contributed by atoms with Crippen molar-refractivity contribution in [1.29, 1.82) is 0 Å². The highest BCUT2D eigenvalue weighted by Crippen LogP contribution is 2.44. The number of rotatable bonds is 5. The van der Waals surface area contributed by atoms with Crippen molar-refractivity contribution in [3.05, 3.63) is 71.4 Å². The Bertz CT molecular complexity index is 1290. The van der Waals surface area contributed by atoms with Crippen molar-refractivity contribution in [3.63, 3.8) is 0 Å². The van der Waals surface area contributed by atoms with Gasteiger partial charge in [-0.3, -0.25) is 4.72 Å². The zero-order valence-electron chi connectivity index (χ0n) is 17.9. The van der Waals surface area contributed by atoms with Gasteiger partial charge < -0.3 is 4.74 Å². The Balaban J connectivity index is 1.90. The highest BCUT2D eigenvalue weighted by Gasteiger charge is 2.30. The normalized spacial score (nSPS) is 15.6. The number of hydrogen-bond acceptors (Lipinski definition) is 4. The van der Waals surface area contributed by atoms with E-state index in [4.69, 9.17) is 4.74 Å². The second-order valence-corrected chi connectivity index (χ2v) is 9.50. The van der Waals surface area contributed by atoms with Crippen molar-refractivity contribution < 1.29 is 17.9 Å². The van der Waals surface area contributed by atoms with Crippen LogP contribution in [0.2, 0.25) is 0 Å². The number of allylic oxidation sites excluding steroid dienone is 1. The van der Waals surface area contributed by atoms with Crippen molar-refractivity contribution in [3.8, 4) is 0 Å². The number of aryl methyl sites for hydroxylation is 2. The van der Waals surface area contributed by atoms with E-state index in [1.54, 1.807) is 47.9 Å². The number of nitrogens with one attached hydrogen (secondary N) is 1. The van der Waals surface area contributed by atoms with E-state index >= 15 is 0 Å². The molecule has 0 fully saturated rings. The smallest absolute Gasteiger partial charge is 0.418 e. The summed E-state index contributed by atoms with van der Waals surface area (Å²) >= 11 is 0. The third-order valence-corrected chi connectivity index (χ3v) is 7.31. The number of sulfonamides is 1. The van der Waals surface area contributed by atoms with Gasteiger partial charge in [-0.1, -0.05) is 23.8 Å². The molecular weight excluding hydrogens is 412 g/mol. The van der Waals surface area contributed by atoms with E-state index in [2.05, 4.69) is 11.3 Å². The van der Waals surface area contributed by atoms with Gasteiger partial charge in [0.1, 0.15) is 0 Å². The van der Waals surface area contributed by atoms with E-state index in [-0.39, 0.29) is 17.4 Å². The lowest BCUT2D eigenvalue weighted by Crippen LogP contribution is -2.16. The summed E-state index contributed by atoms with van der Waals surface area (Å²) < 4.78 is 35.7. The number of nitrogens with zero attached hydrogens (tertiary/aromatic N) is 1. The third-order valence-electron chi connectivity index (χ3n) is 5.92. The van der Waals surface area contributed by atoms with Gasteiger partial charge in [0, 0.05) is 17.0 Å². The molecule has 2 aromatic carbocycles. The predicted molar refractivity (Wildman–Crippen MR) is 122 cm³/mol. The number of aromatic nitrogens is 1. The molecule has 0 spiro atoms. The van der Waals surface area contributed by atoms with E-state index in [9.17, 15) is 13.2 Å². The predicted octanol–water partition coefficient (Wildman–Crippen LogP) is 5.28. The molecule has 1 N–H and O–H groups in total. The summed E-state index contributed by atoms with van der Waals surface area (Å²) in [5, 5.41) is 0.908. The maximum absolute atomic E-state index is 13.1. The van der Waals surface area contributed by atoms with Gasteiger partial charge in [-0.05, 0) is 69.0 Å². The summed E-state index contributed by atoms with van der Waals surface area (Å²) in [5.74, 6) is -0.0237. The number of carbonyl (C=O) groups is 1. The van der Waals surface area contributed by atoms with Gasteiger partial charge in [0.2, 0.25) is 0 Å². The fourth-order valence-corrected chi connectivity index (χ4v) is 5.49. The van der Waals surface area contributed by atoms with Gasteiger partial charge >= 0.3 is 6.09 Å². The molecule has 31 heavy (non-hydrogen) atoms. The Kier molecular flexibility index (Phi) is 5.39. The maximum Gasteiger partial charge on any atom is 0.418 e. The fourth-order valence-electron chi connectivity index (χ4n) is 4.41. The molecule has 1 heterocycles. The molecule has 1 unspecified atom stereocenters. The number of hydrogen-bond donors (Lipinski definition) is 1. The van der Waals surface area contributed by atoms with Crippen LogP contribution in [0, 0.1) is 13.8 Å². The summed E-state index contributed by atoms with van der Waals surface area (Å²) in [5.41, 5.74) is 4.96. The molecule has 162 valence electrons. The van der Waals surface area contributed by atoms with E-state index in [0.717, 1.165) is 46.1 Å².